The molecule has 0 radical (unpaired) electrons. The molecule has 0 aromatic heterocycles. The van der Waals surface area contributed by atoms with Crippen molar-refractivity contribution in [2.75, 3.05) is 0 Å². The largest absolute Gasteiger partial charge is 0.458 e. The van der Waals surface area contributed by atoms with E-state index in [1.165, 1.54) is 13.3 Å². The fraction of sp³-hybridized carbons (Fsp3) is 0.667. The highest BCUT2D eigenvalue weighted by molar-refractivity contribution is 5.66. The highest BCUT2D eigenvalue weighted by Crippen LogP contribution is 2.23. The molecular formula is C15H24O2. The minimum Gasteiger partial charge on any atom is -0.458 e. The van der Waals surface area contributed by atoms with Crippen molar-refractivity contribution < 1.29 is 9.53 Å². The van der Waals surface area contributed by atoms with Gasteiger partial charge in [-0.05, 0) is 37.7 Å². The van der Waals surface area contributed by atoms with E-state index >= 15 is 0 Å². The first-order valence-corrected chi connectivity index (χ1v) is 6.60. The summed E-state index contributed by atoms with van der Waals surface area (Å²) < 4.78 is 5.39. The fourth-order valence-corrected chi connectivity index (χ4v) is 2.06. The van der Waals surface area contributed by atoms with Gasteiger partial charge in [0.05, 0.1) is 0 Å². The summed E-state index contributed by atoms with van der Waals surface area (Å²) in [5.74, 6) is 0.811. The molecule has 0 bridgehead atoms. The van der Waals surface area contributed by atoms with Gasteiger partial charge in [-0.25, -0.2) is 0 Å². The highest BCUT2D eigenvalue weighted by atomic mass is 16.5. The maximum atomic E-state index is 11.1. The number of esters is 1. The molecule has 0 heterocycles. The lowest BCUT2D eigenvalue weighted by Gasteiger charge is -2.24. The van der Waals surface area contributed by atoms with E-state index in [2.05, 4.69) is 38.2 Å². The van der Waals surface area contributed by atoms with Crippen LogP contribution in [0.3, 0.4) is 0 Å². The van der Waals surface area contributed by atoms with Gasteiger partial charge in [-0.2, -0.15) is 0 Å². The van der Waals surface area contributed by atoms with E-state index in [1.807, 2.05) is 0 Å². The first kappa shape index (κ1) is 14.0. The van der Waals surface area contributed by atoms with Crippen LogP contribution in [0.5, 0.6) is 0 Å². The van der Waals surface area contributed by atoms with Crippen LogP contribution in [0, 0.1) is 11.8 Å². The van der Waals surface area contributed by atoms with E-state index in [4.69, 9.17) is 4.74 Å². The molecule has 2 atom stereocenters. The van der Waals surface area contributed by atoms with Crippen molar-refractivity contribution in [3.8, 4) is 0 Å². The molecule has 0 aliphatic heterocycles. The van der Waals surface area contributed by atoms with Gasteiger partial charge in [0.15, 0.2) is 0 Å². The van der Waals surface area contributed by atoms with Crippen molar-refractivity contribution >= 4 is 5.97 Å². The fourth-order valence-electron chi connectivity index (χ4n) is 2.06. The van der Waals surface area contributed by atoms with Crippen molar-refractivity contribution in [1.82, 2.24) is 0 Å². The number of rotatable bonds is 5. The SMILES string of the molecule is CC(=O)OC(C=CCC(C)C)C1C=CCCC1. The molecule has 0 amide bonds. The maximum Gasteiger partial charge on any atom is 0.303 e. The molecule has 1 aliphatic carbocycles. The number of hydrogen-bond acceptors (Lipinski definition) is 2. The molecule has 2 unspecified atom stereocenters. The van der Waals surface area contributed by atoms with Gasteiger partial charge >= 0.3 is 5.97 Å². The Morgan fingerprint density at radius 3 is 2.82 bits per heavy atom. The Morgan fingerprint density at radius 2 is 2.29 bits per heavy atom. The van der Waals surface area contributed by atoms with Crippen molar-refractivity contribution in [3.05, 3.63) is 24.3 Å². The maximum absolute atomic E-state index is 11.1. The molecule has 0 spiro atoms. The molecule has 17 heavy (non-hydrogen) atoms. The van der Waals surface area contributed by atoms with Gasteiger partial charge in [0.1, 0.15) is 6.10 Å². The Bertz CT molecular complexity index is 289. The second-order valence-electron chi connectivity index (χ2n) is 5.15. The van der Waals surface area contributed by atoms with E-state index < -0.39 is 0 Å². The standard InChI is InChI=1S/C15H24O2/c1-12(2)8-7-11-15(17-13(3)16)14-9-5-4-6-10-14/h5,7,9,11-12,14-15H,4,6,8,10H2,1-3H3. The molecule has 2 nitrogen and oxygen atoms in total. The summed E-state index contributed by atoms with van der Waals surface area (Å²) in [4.78, 5) is 11.1. The van der Waals surface area contributed by atoms with Crippen LogP contribution in [0.15, 0.2) is 24.3 Å². The molecule has 0 N–H and O–H groups in total. The Kier molecular flexibility index (Phi) is 6.03. The van der Waals surface area contributed by atoms with Crippen LogP contribution in [0.4, 0.5) is 0 Å². The molecule has 0 saturated heterocycles. The summed E-state index contributed by atoms with van der Waals surface area (Å²) in [5.41, 5.74) is 0. The number of carbonyl (C=O) groups excluding carboxylic acids is 1. The summed E-state index contributed by atoms with van der Waals surface area (Å²) in [5, 5.41) is 0. The van der Waals surface area contributed by atoms with Crippen molar-refractivity contribution in [1.29, 1.82) is 0 Å². The Balaban J connectivity index is 2.58. The first-order valence-electron chi connectivity index (χ1n) is 6.60. The average molecular weight is 236 g/mol. The lowest BCUT2D eigenvalue weighted by Crippen LogP contribution is -2.24. The molecule has 0 fully saturated rings. The van der Waals surface area contributed by atoms with Gasteiger partial charge in [-0.15, -0.1) is 0 Å². The average Bonchev–Trinajstić information content (AvgIpc) is 2.28. The summed E-state index contributed by atoms with van der Waals surface area (Å²) in [7, 11) is 0. The van der Waals surface area contributed by atoms with E-state index in [1.54, 1.807) is 0 Å². The smallest absolute Gasteiger partial charge is 0.303 e. The quantitative estimate of drug-likeness (QED) is 0.535. The van der Waals surface area contributed by atoms with Crippen molar-refractivity contribution in [2.24, 2.45) is 11.8 Å². The molecule has 0 saturated carbocycles. The van der Waals surface area contributed by atoms with Crippen LogP contribution >= 0.6 is 0 Å². The third-order valence-corrected chi connectivity index (χ3v) is 2.95. The minimum atomic E-state index is -0.192. The highest BCUT2D eigenvalue weighted by Gasteiger charge is 2.20. The predicted octanol–water partition coefficient (Wildman–Crippen LogP) is 3.88. The third-order valence-electron chi connectivity index (χ3n) is 2.95. The Morgan fingerprint density at radius 1 is 1.53 bits per heavy atom. The third kappa shape index (κ3) is 5.71. The lowest BCUT2D eigenvalue weighted by atomic mass is 9.90. The van der Waals surface area contributed by atoms with E-state index in [-0.39, 0.29) is 12.1 Å². The summed E-state index contributed by atoms with van der Waals surface area (Å²) in [6.07, 6.45) is 13.0. The molecule has 96 valence electrons. The molecular weight excluding hydrogens is 212 g/mol. The minimum absolute atomic E-state index is 0.0807. The Hall–Kier alpha value is -1.05. The van der Waals surface area contributed by atoms with Crippen LogP contribution < -0.4 is 0 Å². The Labute approximate surface area is 105 Å². The lowest BCUT2D eigenvalue weighted by molar-refractivity contribution is -0.145. The van der Waals surface area contributed by atoms with Crippen LogP contribution in [0.1, 0.15) is 46.5 Å². The van der Waals surface area contributed by atoms with E-state index in [0.717, 1.165) is 19.3 Å². The second kappa shape index (κ2) is 7.31. The van der Waals surface area contributed by atoms with E-state index in [0.29, 0.717) is 11.8 Å². The van der Waals surface area contributed by atoms with Gasteiger partial charge in [-0.1, -0.05) is 32.1 Å². The van der Waals surface area contributed by atoms with Crippen LogP contribution in [-0.2, 0) is 9.53 Å². The van der Waals surface area contributed by atoms with E-state index in [9.17, 15) is 4.79 Å². The zero-order valence-corrected chi connectivity index (χ0v) is 11.2. The van der Waals surface area contributed by atoms with Crippen molar-refractivity contribution in [2.45, 2.75) is 52.6 Å². The summed E-state index contributed by atoms with van der Waals surface area (Å²) >= 11 is 0. The number of ether oxygens (including phenoxy) is 1. The first-order chi connectivity index (χ1) is 8.09. The van der Waals surface area contributed by atoms with Gasteiger partial charge in [0.2, 0.25) is 0 Å². The van der Waals surface area contributed by atoms with Crippen LogP contribution in [0.2, 0.25) is 0 Å². The number of hydrogen-bond donors (Lipinski definition) is 0. The molecule has 0 aromatic rings. The topological polar surface area (TPSA) is 26.3 Å². The van der Waals surface area contributed by atoms with Gasteiger partial charge in [-0.3, -0.25) is 4.79 Å². The van der Waals surface area contributed by atoms with Gasteiger partial charge in [0.25, 0.3) is 0 Å². The predicted molar refractivity (Wildman–Crippen MR) is 70.6 cm³/mol. The molecule has 0 aromatic carbocycles. The van der Waals surface area contributed by atoms with Crippen LogP contribution in [0.25, 0.3) is 0 Å². The zero-order valence-electron chi connectivity index (χ0n) is 11.2. The summed E-state index contributed by atoms with van der Waals surface area (Å²) in [6.45, 7) is 5.85. The zero-order chi connectivity index (χ0) is 12.7. The number of allylic oxidation sites excluding steroid dienone is 2. The monoisotopic (exact) mass is 236 g/mol. The second-order valence-corrected chi connectivity index (χ2v) is 5.15. The van der Waals surface area contributed by atoms with Gasteiger partial charge in [0, 0.05) is 12.8 Å². The molecule has 1 rings (SSSR count). The van der Waals surface area contributed by atoms with Crippen molar-refractivity contribution in [3.63, 3.8) is 0 Å². The van der Waals surface area contributed by atoms with Gasteiger partial charge < -0.3 is 4.74 Å². The summed E-state index contributed by atoms with van der Waals surface area (Å²) in [6, 6.07) is 0. The normalized spacial score (nSPS) is 22.0. The van der Waals surface area contributed by atoms with Crippen LogP contribution in [-0.4, -0.2) is 12.1 Å². The number of carbonyl (C=O) groups is 1. The molecule has 1 aliphatic rings. The molecule has 2 heteroatoms.